The summed E-state index contributed by atoms with van der Waals surface area (Å²) in [6, 6.07) is 18.0. The van der Waals surface area contributed by atoms with Crippen LogP contribution in [-0.2, 0) is 4.79 Å². The molecule has 2 aromatic rings. The second kappa shape index (κ2) is 5.38. The first kappa shape index (κ1) is 13.3. The fourth-order valence-corrected chi connectivity index (χ4v) is 3.17. The van der Waals surface area contributed by atoms with Crippen LogP contribution in [0.4, 0.5) is 0 Å². The Labute approximate surface area is 125 Å². The molecular formula is C16H14BrNO2. The molecule has 1 amide bonds. The van der Waals surface area contributed by atoms with Crippen LogP contribution in [0.15, 0.2) is 59.1 Å². The molecule has 3 nitrogen and oxygen atoms in total. The van der Waals surface area contributed by atoms with Crippen molar-refractivity contribution < 1.29 is 10.0 Å². The summed E-state index contributed by atoms with van der Waals surface area (Å²) in [7, 11) is 0. The number of amides is 1. The molecule has 0 radical (unpaired) electrons. The molecule has 0 saturated heterocycles. The fourth-order valence-electron chi connectivity index (χ4n) is 2.90. The maximum absolute atomic E-state index is 11.8. The predicted octanol–water partition coefficient (Wildman–Crippen LogP) is 3.45. The molecule has 20 heavy (non-hydrogen) atoms. The van der Waals surface area contributed by atoms with Gasteiger partial charge in [-0.05, 0) is 23.3 Å². The Balaban J connectivity index is 1.92. The van der Waals surface area contributed by atoms with E-state index in [0.29, 0.717) is 0 Å². The number of rotatable bonds is 3. The molecule has 3 atom stereocenters. The van der Waals surface area contributed by atoms with E-state index in [1.54, 1.807) is 5.48 Å². The molecule has 1 fully saturated rings. The van der Waals surface area contributed by atoms with Crippen LogP contribution in [0.3, 0.4) is 0 Å². The second-order valence-electron chi connectivity index (χ2n) is 5.02. The van der Waals surface area contributed by atoms with Crippen molar-refractivity contribution in [2.24, 2.45) is 5.92 Å². The van der Waals surface area contributed by atoms with Gasteiger partial charge in [-0.2, -0.15) is 0 Å². The number of hydroxylamine groups is 1. The molecular weight excluding hydrogens is 318 g/mol. The Bertz CT molecular complexity index is 612. The zero-order valence-corrected chi connectivity index (χ0v) is 12.2. The van der Waals surface area contributed by atoms with Gasteiger partial charge >= 0.3 is 0 Å². The average Bonchev–Trinajstić information content (AvgIpc) is 3.23. The van der Waals surface area contributed by atoms with Crippen molar-refractivity contribution in [3.05, 3.63) is 70.2 Å². The number of carbonyl (C=O) groups excluding carboxylic acids is 1. The van der Waals surface area contributed by atoms with E-state index in [1.165, 1.54) is 0 Å². The van der Waals surface area contributed by atoms with E-state index in [0.717, 1.165) is 15.6 Å². The third kappa shape index (κ3) is 2.37. The summed E-state index contributed by atoms with van der Waals surface area (Å²) < 4.78 is 1.02. The minimum Gasteiger partial charge on any atom is -0.289 e. The first-order valence-electron chi connectivity index (χ1n) is 6.46. The van der Waals surface area contributed by atoms with Crippen LogP contribution in [0.5, 0.6) is 0 Å². The lowest BCUT2D eigenvalue weighted by molar-refractivity contribution is -0.130. The van der Waals surface area contributed by atoms with E-state index in [9.17, 15) is 4.79 Å². The van der Waals surface area contributed by atoms with Gasteiger partial charge in [-0.3, -0.25) is 10.0 Å². The Hall–Kier alpha value is -1.65. The molecule has 102 valence electrons. The van der Waals surface area contributed by atoms with Gasteiger partial charge in [0, 0.05) is 16.3 Å². The third-order valence-electron chi connectivity index (χ3n) is 3.87. The van der Waals surface area contributed by atoms with Crippen LogP contribution in [-0.4, -0.2) is 11.1 Å². The number of halogens is 1. The SMILES string of the molecule is O=C(NO)C1C(c2ccc(Br)cc2)[C@H]1c1ccccc1. The highest BCUT2D eigenvalue weighted by molar-refractivity contribution is 9.10. The molecule has 4 heteroatoms. The maximum Gasteiger partial charge on any atom is 0.247 e. The van der Waals surface area contributed by atoms with Crippen molar-refractivity contribution >= 4 is 21.8 Å². The average molecular weight is 332 g/mol. The Morgan fingerprint density at radius 3 is 2.05 bits per heavy atom. The van der Waals surface area contributed by atoms with E-state index in [2.05, 4.69) is 15.9 Å². The van der Waals surface area contributed by atoms with Crippen molar-refractivity contribution in [1.82, 2.24) is 5.48 Å². The monoisotopic (exact) mass is 331 g/mol. The van der Waals surface area contributed by atoms with E-state index in [1.807, 2.05) is 54.6 Å². The molecule has 1 aliphatic rings. The minimum absolute atomic E-state index is 0.123. The second-order valence-corrected chi connectivity index (χ2v) is 5.93. The van der Waals surface area contributed by atoms with Gasteiger partial charge in [0.2, 0.25) is 5.91 Å². The lowest BCUT2D eigenvalue weighted by Gasteiger charge is -2.01. The summed E-state index contributed by atoms with van der Waals surface area (Å²) in [5, 5.41) is 8.91. The van der Waals surface area contributed by atoms with E-state index >= 15 is 0 Å². The van der Waals surface area contributed by atoms with E-state index in [-0.39, 0.29) is 23.7 Å². The van der Waals surface area contributed by atoms with E-state index in [4.69, 9.17) is 5.21 Å². The summed E-state index contributed by atoms with van der Waals surface area (Å²) in [6.07, 6.45) is 0. The molecule has 3 rings (SSSR count). The quantitative estimate of drug-likeness (QED) is 0.668. The molecule has 0 aliphatic heterocycles. The number of hydrogen-bond donors (Lipinski definition) is 2. The van der Waals surface area contributed by atoms with Crippen LogP contribution in [0.2, 0.25) is 0 Å². The van der Waals surface area contributed by atoms with Crippen molar-refractivity contribution in [2.45, 2.75) is 11.8 Å². The van der Waals surface area contributed by atoms with Crippen molar-refractivity contribution in [3.8, 4) is 0 Å². The zero-order valence-electron chi connectivity index (χ0n) is 10.7. The van der Waals surface area contributed by atoms with Gasteiger partial charge in [-0.1, -0.05) is 58.4 Å². The van der Waals surface area contributed by atoms with Crippen LogP contribution in [0, 0.1) is 5.92 Å². The van der Waals surface area contributed by atoms with Gasteiger partial charge < -0.3 is 0 Å². The third-order valence-corrected chi connectivity index (χ3v) is 4.40. The molecule has 0 bridgehead atoms. The standard InChI is InChI=1S/C16H14BrNO2/c17-12-8-6-11(7-9-12)14-13(15(14)16(19)18-20)10-4-2-1-3-5-10/h1-9,13-15,20H,(H,18,19)/t13-,14?,15?/m1/s1. The fraction of sp³-hybridized carbons (Fsp3) is 0.188. The van der Waals surface area contributed by atoms with Crippen LogP contribution in [0.1, 0.15) is 23.0 Å². The summed E-state index contributed by atoms with van der Waals surface area (Å²) in [4.78, 5) is 11.8. The lowest BCUT2D eigenvalue weighted by Crippen LogP contribution is -2.21. The molecule has 2 N–H and O–H groups in total. The Morgan fingerprint density at radius 1 is 0.950 bits per heavy atom. The maximum atomic E-state index is 11.8. The molecule has 0 heterocycles. The molecule has 1 aliphatic carbocycles. The molecule has 2 unspecified atom stereocenters. The van der Waals surface area contributed by atoms with Crippen LogP contribution >= 0.6 is 15.9 Å². The predicted molar refractivity (Wildman–Crippen MR) is 79.5 cm³/mol. The van der Waals surface area contributed by atoms with Gasteiger partial charge in [0.15, 0.2) is 0 Å². The van der Waals surface area contributed by atoms with Gasteiger partial charge in [-0.15, -0.1) is 0 Å². The molecule has 2 aromatic carbocycles. The highest BCUT2D eigenvalue weighted by Crippen LogP contribution is 2.60. The Morgan fingerprint density at radius 2 is 1.50 bits per heavy atom. The molecule has 0 spiro atoms. The zero-order chi connectivity index (χ0) is 14.1. The van der Waals surface area contributed by atoms with Crippen molar-refractivity contribution in [3.63, 3.8) is 0 Å². The van der Waals surface area contributed by atoms with Crippen molar-refractivity contribution in [2.75, 3.05) is 0 Å². The summed E-state index contributed by atoms with van der Waals surface area (Å²) >= 11 is 3.41. The van der Waals surface area contributed by atoms with Crippen LogP contribution in [0.25, 0.3) is 0 Å². The smallest absolute Gasteiger partial charge is 0.247 e. The summed E-state index contributed by atoms with van der Waals surface area (Å²) in [5.74, 6) is -0.266. The van der Waals surface area contributed by atoms with Crippen LogP contribution < -0.4 is 5.48 Å². The van der Waals surface area contributed by atoms with Gasteiger partial charge in [0.05, 0.1) is 5.92 Å². The topological polar surface area (TPSA) is 49.3 Å². The minimum atomic E-state index is -0.313. The number of nitrogens with one attached hydrogen (secondary N) is 1. The molecule has 1 saturated carbocycles. The highest BCUT2D eigenvalue weighted by Gasteiger charge is 2.55. The first-order valence-corrected chi connectivity index (χ1v) is 7.26. The summed E-state index contributed by atoms with van der Waals surface area (Å²) in [5.41, 5.74) is 4.04. The largest absolute Gasteiger partial charge is 0.289 e. The summed E-state index contributed by atoms with van der Waals surface area (Å²) in [6.45, 7) is 0. The van der Waals surface area contributed by atoms with E-state index < -0.39 is 0 Å². The Kier molecular flexibility index (Phi) is 3.59. The number of benzene rings is 2. The van der Waals surface area contributed by atoms with Gasteiger partial charge in [0.1, 0.15) is 0 Å². The van der Waals surface area contributed by atoms with Gasteiger partial charge in [-0.25, -0.2) is 5.48 Å². The first-order chi connectivity index (χ1) is 9.72. The molecule has 0 aromatic heterocycles. The van der Waals surface area contributed by atoms with Crippen molar-refractivity contribution in [1.29, 1.82) is 0 Å². The normalized spacial score (nSPS) is 24.2. The number of hydrogen-bond acceptors (Lipinski definition) is 2. The number of carbonyl (C=O) groups is 1. The lowest BCUT2D eigenvalue weighted by atomic mass is 10.0. The highest BCUT2D eigenvalue weighted by atomic mass is 79.9. The van der Waals surface area contributed by atoms with Gasteiger partial charge in [0.25, 0.3) is 0 Å².